The van der Waals surface area contributed by atoms with Crippen molar-refractivity contribution >= 4 is 27.9 Å². The average molecular weight is 468 g/mol. The third-order valence-corrected chi connectivity index (χ3v) is 6.54. The Kier molecular flexibility index (Phi) is 5.20. The molecule has 172 valence electrons. The number of aromatic nitrogens is 1. The van der Waals surface area contributed by atoms with Gasteiger partial charge < -0.3 is 9.51 Å². The summed E-state index contributed by atoms with van der Waals surface area (Å²) in [6.07, 6.45) is 1.82. The van der Waals surface area contributed by atoms with Gasteiger partial charge in [0.05, 0.1) is 16.8 Å². The summed E-state index contributed by atoms with van der Waals surface area (Å²) in [6, 6.07) is 35.3. The van der Waals surface area contributed by atoms with E-state index in [2.05, 4.69) is 0 Å². The van der Waals surface area contributed by atoms with Gasteiger partial charge in [0, 0.05) is 22.7 Å². The lowest BCUT2D eigenvalue weighted by Gasteiger charge is -2.08. The van der Waals surface area contributed by atoms with E-state index in [0.717, 1.165) is 21.9 Å². The number of benzene rings is 4. The van der Waals surface area contributed by atoms with Gasteiger partial charge in [-0.05, 0) is 40.8 Å². The van der Waals surface area contributed by atoms with Gasteiger partial charge in [-0.15, -0.1) is 0 Å². The van der Waals surface area contributed by atoms with Gasteiger partial charge >= 0.3 is 0 Å². The van der Waals surface area contributed by atoms with Crippen LogP contribution in [0.15, 0.2) is 121 Å². The second-order valence-electron chi connectivity index (χ2n) is 8.68. The molecule has 36 heavy (non-hydrogen) atoms. The number of para-hydroxylation sites is 1. The number of phenols is 1. The van der Waals surface area contributed by atoms with Gasteiger partial charge in [-0.1, -0.05) is 91.0 Å². The van der Waals surface area contributed by atoms with E-state index >= 15 is 0 Å². The van der Waals surface area contributed by atoms with Crippen LogP contribution in [0.1, 0.15) is 32.0 Å². The molecule has 6 aromatic rings. The Morgan fingerprint density at radius 1 is 0.611 bits per heavy atom. The Morgan fingerprint density at radius 2 is 1.28 bits per heavy atom. The van der Waals surface area contributed by atoms with Crippen molar-refractivity contribution in [2.75, 3.05) is 0 Å². The molecular weight excluding hydrogens is 446 g/mol. The summed E-state index contributed by atoms with van der Waals surface area (Å²) >= 11 is 0. The van der Waals surface area contributed by atoms with E-state index in [1.165, 1.54) is 6.07 Å². The van der Waals surface area contributed by atoms with E-state index in [9.17, 15) is 14.7 Å². The van der Waals surface area contributed by atoms with Gasteiger partial charge in [0.15, 0.2) is 5.78 Å². The Bertz CT molecular complexity index is 1760. The van der Waals surface area contributed by atoms with Gasteiger partial charge in [-0.3, -0.25) is 9.59 Å². The van der Waals surface area contributed by atoms with E-state index in [-0.39, 0.29) is 22.9 Å². The van der Waals surface area contributed by atoms with Crippen LogP contribution in [-0.2, 0) is 0 Å². The molecule has 0 aliphatic rings. The number of carbonyl (C=O) groups is 2. The van der Waals surface area contributed by atoms with Crippen LogP contribution in [-0.4, -0.2) is 21.1 Å². The van der Waals surface area contributed by atoms with Gasteiger partial charge in [0.1, 0.15) is 5.75 Å². The molecule has 0 aliphatic heterocycles. The molecule has 0 saturated carbocycles. The Morgan fingerprint density at radius 3 is 2.06 bits per heavy atom. The minimum atomic E-state index is -0.333. The van der Waals surface area contributed by atoms with Crippen LogP contribution in [0, 0.1) is 0 Å². The standard InChI is InChI=1S/C32H21NO3/c34-29-13-7-6-12-26(29)32(36)27-20-28(33-19-18-23-10-4-5-11-25(23)30(27)33)31(35)24-16-14-22(15-17-24)21-8-2-1-3-9-21/h1-20,34H. The van der Waals surface area contributed by atoms with Crippen LogP contribution in [0.3, 0.4) is 0 Å². The molecule has 1 N–H and O–H groups in total. The highest BCUT2D eigenvalue weighted by molar-refractivity contribution is 6.21. The molecule has 2 heterocycles. The van der Waals surface area contributed by atoms with Gasteiger partial charge in [-0.2, -0.15) is 0 Å². The van der Waals surface area contributed by atoms with Crippen molar-refractivity contribution in [1.82, 2.24) is 4.40 Å². The maximum Gasteiger partial charge on any atom is 0.209 e. The van der Waals surface area contributed by atoms with Crippen LogP contribution in [0.2, 0.25) is 0 Å². The molecule has 0 bridgehead atoms. The summed E-state index contributed by atoms with van der Waals surface area (Å²) < 4.78 is 1.78. The summed E-state index contributed by atoms with van der Waals surface area (Å²) in [5, 5.41) is 12.2. The van der Waals surface area contributed by atoms with Crippen LogP contribution in [0.4, 0.5) is 0 Å². The molecule has 0 amide bonds. The summed E-state index contributed by atoms with van der Waals surface area (Å²) in [4.78, 5) is 27.3. The van der Waals surface area contributed by atoms with Crippen molar-refractivity contribution in [3.05, 3.63) is 144 Å². The number of rotatable bonds is 5. The number of ketones is 2. The molecule has 0 saturated heterocycles. The molecule has 4 nitrogen and oxygen atoms in total. The molecule has 0 aliphatic carbocycles. The minimum Gasteiger partial charge on any atom is -0.507 e. The third-order valence-electron chi connectivity index (χ3n) is 6.54. The first-order valence-corrected chi connectivity index (χ1v) is 11.7. The number of nitrogens with zero attached hydrogens (tertiary/aromatic N) is 1. The lowest BCUT2D eigenvalue weighted by molar-refractivity contribution is 0.103. The van der Waals surface area contributed by atoms with E-state index in [0.29, 0.717) is 22.3 Å². The normalized spacial score (nSPS) is 11.1. The number of aromatic hydroxyl groups is 1. The molecule has 2 aromatic heterocycles. The summed E-state index contributed by atoms with van der Waals surface area (Å²) in [7, 11) is 0. The van der Waals surface area contributed by atoms with E-state index in [1.54, 1.807) is 28.7 Å². The number of hydrogen-bond donors (Lipinski definition) is 1. The number of carbonyl (C=O) groups excluding carboxylic acids is 2. The number of phenolic OH excluding ortho intramolecular Hbond substituents is 1. The lowest BCUT2D eigenvalue weighted by Crippen LogP contribution is -2.05. The summed E-state index contributed by atoms with van der Waals surface area (Å²) in [6.45, 7) is 0. The number of pyridine rings is 1. The van der Waals surface area contributed by atoms with E-state index in [1.807, 2.05) is 91.1 Å². The second kappa shape index (κ2) is 8.67. The van der Waals surface area contributed by atoms with Gasteiger partial charge in [0.2, 0.25) is 5.78 Å². The van der Waals surface area contributed by atoms with E-state index < -0.39 is 0 Å². The van der Waals surface area contributed by atoms with Crippen molar-refractivity contribution in [2.45, 2.75) is 0 Å². The predicted molar refractivity (Wildman–Crippen MR) is 142 cm³/mol. The summed E-state index contributed by atoms with van der Waals surface area (Å²) in [5.74, 6) is -0.608. The first kappa shape index (κ1) is 21.6. The molecule has 6 rings (SSSR count). The minimum absolute atomic E-state index is 0.0912. The van der Waals surface area contributed by atoms with Crippen molar-refractivity contribution < 1.29 is 14.7 Å². The van der Waals surface area contributed by atoms with Crippen molar-refractivity contribution in [2.24, 2.45) is 0 Å². The fourth-order valence-electron chi connectivity index (χ4n) is 4.72. The number of fused-ring (bicyclic) bond motifs is 3. The zero-order chi connectivity index (χ0) is 24.6. The molecule has 0 spiro atoms. The molecule has 0 atom stereocenters. The monoisotopic (exact) mass is 467 g/mol. The zero-order valence-corrected chi connectivity index (χ0v) is 19.3. The van der Waals surface area contributed by atoms with Crippen molar-refractivity contribution in [3.63, 3.8) is 0 Å². The zero-order valence-electron chi connectivity index (χ0n) is 19.3. The molecule has 0 radical (unpaired) electrons. The first-order valence-electron chi connectivity index (χ1n) is 11.7. The SMILES string of the molecule is O=C(c1ccccc1O)c1cc(C(=O)c2ccc(-c3ccccc3)cc2)n2ccc3ccccc3c12. The molecule has 0 fully saturated rings. The van der Waals surface area contributed by atoms with Gasteiger partial charge in [-0.25, -0.2) is 0 Å². The highest BCUT2D eigenvalue weighted by atomic mass is 16.3. The third kappa shape index (κ3) is 3.56. The van der Waals surface area contributed by atoms with Crippen LogP contribution in [0.25, 0.3) is 27.4 Å². The fraction of sp³-hybridized carbons (Fsp3) is 0. The van der Waals surface area contributed by atoms with Crippen molar-refractivity contribution in [1.29, 1.82) is 0 Å². The van der Waals surface area contributed by atoms with Gasteiger partial charge in [0.25, 0.3) is 0 Å². The Hall–Kier alpha value is -4.96. The molecule has 0 unspecified atom stereocenters. The van der Waals surface area contributed by atoms with Crippen molar-refractivity contribution in [3.8, 4) is 16.9 Å². The average Bonchev–Trinajstić information content (AvgIpc) is 3.33. The topological polar surface area (TPSA) is 58.8 Å². The van der Waals surface area contributed by atoms with Crippen LogP contribution in [0.5, 0.6) is 5.75 Å². The molecule has 4 heteroatoms. The highest BCUT2D eigenvalue weighted by Gasteiger charge is 2.24. The molecular formula is C32H21NO3. The predicted octanol–water partition coefficient (Wildman–Crippen LogP) is 6.93. The van der Waals surface area contributed by atoms with E-state index in [4.69, 9.17) is 0 Å². The molecule has 4 aromatic carbocycles. The lowest BCUT2D eigenvalue weighted by atomic mass is 10.00. The quantitative estimate of drug-likeness (QED) is 0.280. The maximum atomic E-state index is 13.7. The smallest absolute Gasteiger partial charge is 0.209 e. The highest BCUT2D eigenvalue weighted by Crippen LogP contribution is 2.31. The summed E-state index contributed by atoms with van der Waals surface area (Å²) in [5.41, 5.74) is 4.23. The first-order chi connectivity index (χ1) is 17.6. The number of hydrogen-bond acceptors (Lipinski definition) is 3. The fourth-order valence-corrected chi connectivity index (χ4v) is 4.72. The Labute approximate surface area is 207 Å². The largest absolute Gasteiger partial charge is 0.507 e. The Balaban J connectivity index is 1.51. The van der Waals surface area contributed by atoms with Crippen LogP contribution < -0.4 is 0 Å². The van der Waals surface area contributed by atoms with Crippen LogP contribution >= 0.6 is 0 Å². The maximum absolute atomic E-state index is 13.7. The second-order valence-corrected chi connectivity index (χ2v) is 8.68.